The standard InChI is InChI=1S/C18H20N2S/c1-14-10-17(12-19-11-16-8-9-21-13-16)15(2)20(14)18-6-4-3-5-7-18/h3-10,13,19H,11-12H2,1-2H3. The summed E-state index contributed by atoms with van der Waals surface area (Å²) in [6, 6.07) is 15.0. The molecule has 2 heterocycles. The summed E-state index contributed by atoms with van der Waals surface area (Å²) in [5.74, 6) is 0. The minimum Gasteiger partial charge on any atom is -0.318 e. The van der Waals surface area contributed by atoms with Gasteiger partial charge in [0, 0.05) is 30.2 Å². The molecule has 0 unspecified atom stereocenters. The molecule has 0 amide bonds. The van der Waals surface area contributed by atoms with Crippen LogP contribution in [0.3, 0.4) is 0 Å². The molecule has 3 rings (SSSR count). The molecule has 21 heavy (non-hydrogen) atoms. The zero-order valence-electron chi connectivity index (χ0n) is 12.5. The molecule has 0 fully saturated rings. The Morgan fingerprint density at radius 2 is 1.86 bits per heavy atom. The second-order valence-electron chi connectivity index (χ2n) is 5.30. The van der Waals surface area contributed by atoms with Crippen molar-refractivity contribution in [2.45, 2.75) is 26.9 Å². The minimum atomic E-state index is 0.905. The Labute approximate surface area is 130 Å². The van der Waals surface area contributed by atoms with E-state index < -0.39 is 0 Å². The zero-order chi connectivity index (χ0) is 14.7. The van der Waals surface area contributed by atoms with Crippen LogP contribution in [0.1, 0.15) is 22.5 Å². The van der Waals surface area contributed by atoms with Crippen molar-refractivity contribution >= 4 is 11.3 Å². The predicted molar refractivity (Wildman–Crippen MR) is 90.1 cm³/mol. The molecule has 0 saturated heterocycles. The molecule has 1 aromatic carbocycles. The molecule has 108 valence electrons. The van der Waals surface area contributed by atoms with Crippen molar-refractivity contribution in [1.29, 1.82) is 0 Å². The minimum absolute atomic E-state index is 0.905. The van der Waals surface area contributed by atoms with Crippen LogP contribution >= 0.6 is 11.3 Å². The fraction of sp³-hybridized carbons (Fsp3) is 0.222. The van der Waals surface area contributed by atoms with E-state index >= 15 is 0 Å². The number of thiophene rings is 1. The van der Waals surface area contributed by atoms with Crippen LogP contribution in [0.4, 0.5) is 0 Å². The molecule has 0 aliphatic heterocycles. The van der Waals surface area contributed by atoms with Crippen molar-refractivity contribution in [1.82, 2.24) is 9.88 Å². The van der Waals surface area contributed by atoms with E-state index in [9.17, 15) is 0 Å². The molecule has 0 radical (unpaired) electrons. The molecule has 0 atom stereocenters. The number of nitrogens with one attached hydrogen (secondary N) is 1. The number of benzene rings is 1. The SMILES string of the molecule is Cc1cc(CNCc2ccsc2)c(C)n1-c1ccccc1. The van der Waals surface area contributed by atoms with Gasteiger partial charge in [0.05, 0.1) is 0 Å². The van der Waals surface area contributed by atoms with Gasteiger partial charge in [0.1, 0.15) is 0 Å². The molecule has 3 heteroatoms. The Balaban J connectivity index is 1.75. The van der Waals surface area contributed by atoms with Crippen LogP contribution < -0.4 is 5.32 Å². The first-order valence-corrected chi connectivity index (χ1v) is 8.15. The molecule has 0 bridgehead atoms. The lowest BCUT2D eigenvalue weighted by atomic mass is 10.2. The summed E-state index contributed by atoms with van der Waals surface area (Å²) in [7, 11) is 0. The number of aromatic nitrogens is 1. The van der Waals surface area contributed by atoms with Gasteiger partial charge in [0.15, 0.2) is 0 Å². The largest absolute Gasteiger partial charge is 0.318 e. The normalized spacial score (nSPS) is 11.0. The van der Waals surface area contributed by atoms with Crippen molar-refractivity contribution in [3.8, 4) is 5.69 Å². The molecule has 3 aromatic rings. The lowest BCUT2D eigenvalue weighted by molar-refractivity contribution is 0.691. The van der Waals surface area contributed by atoms with Gasteiger partial charge in [-0.2, -0.15) is 11.3 Å². The maximum absolute atomic E-state index is 3.53. The van der Waals surface area contributed by atoms with Gasteiger partial charge < -0.3 is 9.88 Å². The number of rotatable bonds is 5. The Hall–Kier alpha value is -1.84. The first-order valence-electron chi connectivity index (χ1n) is 7.21. The van der Waals surface area contributed by atoms with Gasteiger partial charge in [0.25, 0.3) is 0 Å². The highest BCUT2D eigenvalue weighted by molar-refractivity contribution is 7.07. The molecule has 2 aromatic heterocycles. The van der Waals surface area contributed by atoms with Crippen LogP contribution in [0.5, 0.6) is 0 Å². The highest BCUT2D eigenvalue weighted by Gasteiger charge is 2.09. The summed E-state index contributed by atoms with van der Waals surface area (Å²) in [4.78, 5) is 0. The van der Waals surface area contributed by atoms with Gasteiger partial charge in [-0.05, 0) is 60.0 Å². The van der Waals surface area contributed by atoms with Gasteiger partial charge in [-0.15, -0.1) is 0 Å². The maximum atomic E-state index is 3.53. The zero-order valence-corrected chi connectivity index (χ0v) is 13.3. The van der Waals surface area contributed by atoms with Gasteiger partial charge in [0.2, 0.25) is 0 Å². The smallest absolute Gasteiger partial charge is 0.0455 e. The Kier molecular flexibility index (Phi) is 4.23. The second kappa shape index (κ2) is 6.29. The summed E-state index contributed by atoms with van der Waals surface area (Å²) in [6.07, 6.45) is 0. The first-order chi connectivity index (χ1) is 10.3. The molecule has 1 N–H and O–H groups in total. The van der Waals surface area contributed by atoms with Gasteiger partial charge in [-0.1, -0.05) is 18.2 Å². The molecule has 2 nitrogen and oxygen atoms in total. The molecule has 0 saturated carbocycles. The quantitative estimate of drug-likeness (QED) is 0.736. The Morgan fingerprint density at radius 1 is 1.05 bits per heavy atom. The van der Waals surface area contributed by atoms with E-state index in [1.807, 2.05) is 0 Å². The fourth-order valence-corrected chi connectivity index (χ4v) is 3.39. The first kappa shape index (κ1) is 14.1. The molecule has 0 aliphatic carbocycles. The highest BCUT2D eigenvalue weighted by Crippen LogP contribution is 2.20. The monoisotopic (exact) mass is 296 g/mol. The van der Waals surface area contributed by atoms with Crippen LogP contribution in [-0.4, -0.2) is 4.57 Å². The molecule has 0 aliphatic rings. The Morgan fingerprint density at radius 3 is 2.57 bits per heavy atom. The summed E-state index contributed by atoms with van der Waals surface area (Å²) < 4.78 is 2.32. The number of para-hydroxylation sites is 1. The molecule has 0 spiro atoms. The fourth-order valence-electron chi connectivity index (χ4n) is 2.72. The van der Waals surface area contributed by atoms with E-state index in [1.165, 1.54) is 28.2 Å². The topological polar surface area (TPSA) is 17.0 Å². The number of aryl methyl sites for hydroxylation is 1. The van der Waals surface area contributed by atoms with E-state index in [0.29, 0.717) is 0 Å². The van der Waals surface area contributed by atoms with Crippen molar-refractivity contribution in [3.63, 3.8) is 0 Å². The van der Waals surface area contributed by atoms with E-state index in [-0.39, 0.29) is 0 Å². The average Bonchev–Trinajstić information content (AvgIpc) is 3.09. The van der Waals surface area contributed by atoms with E-state index in [4.69, 9.17) is 0 Å². The van der Waals surface area contributed by atoms with Crippen molar-refractivity contribution in [2.24, 2.45) is 0 Å². The third kappa shape index (κ3) is 3.09. The average molecular weight is 296 g/mol. The summed E-state index contributed by atoms with van der Waals surface area (Å²) in [5.41, 5.74) is 6.56. The van der Waals surface area contributed by atoms with Crippen LogP contribution in [0, 0.1) is 13.8 Å². The lowest BCUT2D eigenvalue weighted by Crippen LogP contribution is -2.12. The lowest BCUT2D eigenvalue weighted by Gasteiger charge is -2.10. The van der Waals surface area contributed by atoms with Crippen LogP contribution in [-0.2, 0) is 13.1 Å². The Bertz CT molecular complexity index is 696. The van der Waals surface area contributed by atoms with Crippen molar-refractivity contribution < 1.29 is 0 Å². The summed E-state index contributed by atoms with van der Waals surface area (Å²) in [6.45, 7) is 6.20. The summed E-state index contributed by atoms with van der Waals surface area (Å²) >= 11 is 1.75. The van der Waals surface area contributed by atoms with E-state index in [2.05, 4.69) is 77.0 Å². The van der Waals surface area contributed by atoms with Crippen LogP contribution in [0.15, 0.2) is 53.2 Å². The van der Waals surface area contributed by atoms with Crippen molar-refractivity contribution in [2.75, 3.05) is 0 Å². The molecular formula is C18H20N2S. The van der Waals surface area contributed by atoms with E-state index in [1.54, 1.807) is 11.3 Å². The van der Waals surface area contributed by atoms with Crippen molar-refractivity contribution in [3.05, 3.63) is 75.7 Å². The van der Waals surface area contributed by atoms with Gasteiger partial charge in [-0.3, -0.25) is 0 Å². The third-order valence-electron chi connectivity index (χ3n) is 3.78. The third-order valence-corrected chi connectivity index (χ3v) is 4.51. The van der Waals surface area contributed by atoms with Gasteiger partial charge in [-0.25, -0.2) is 0 Å². The molecular weight excluding hydrogens is 276 g/mol. The van der Waals surface area contributed by atoms with Gasteiger partial charge >= 0.3 is 0 Å². The van der Waals surface area contributed by atoms with Crippen LogP contribution in [0.25, 0.3) is 5.69 Å². The van der Waals surface area contributed by atoms with Crippen LogP contribution in [0.2, 0.25) is 0 Å². The second-order valence-corrected chi connectivity index (χ2v) is 6.08. The number of hydrogen-bond donors (Lipinski definition) is 1. The predicted octanol–water partition coefficient (Wildman–Crippen LogP) is 4.45. The maximum Gasteiger partial charge on any atom is 0.0455 e. The number of hydrogen-bond acceptors (Lipinski definition) is 2. The summed E-state index contributed by atoms with van der Waals surface area (Å²) in [5, 5.41) is 7.85. The van der Waals surface area contributed by atoms with E-state index in [0.717, 1.165) is 13.1 Å². The number of nitrogens with zero attached hydrogens (tertiary/aromatic N) is 1. The highest BCUT2D eigenvalue weighted by atomic mass is 32.1.